The van der Waals surface area contributed by atoms with Gasteiger partial charge in [-0.3, -0.25) is 13.9 Å². The molecule has 2 aromatic rings. The maximum Gasteiger partial charge on any atom is 0.332 e. The van der Waals surface area contributed by atoms with Gasteiger partial charge in [0.15, 0.2) is 11.2 Å². The zero-order chi connectivity index (χ0) is 18.4. The molecule has 0 radical (unpaired) electrons. The van der Waals surface area contributed by atoms with Gasteiger partial charge in [0.05, 0.1) is 19.0 Å². The average Bonchev–Trinajstić information content (AvgIpc) is 3.03. The number of unbranched alkanes of at least 4 members (excludes halogenated alkanes) is 2. The molecule has 2 heterocycles. The van der Waals surface area contributed by atoms with Crippen LogP contribution in [0.3, 0.4) is 0 Å². The van der Waals surface area contributed by atoms with Crippen LogP contribution in [-0.2, 0) is 19.6 Å². The third-order valence-electron chi connectivity index (χ3n) is 4.37. The van der Waals surface area contributed by atoms with E-state index in [1.807, 2.05) is 13.8 Å². The number of nitrogens with zero attached hydrogens (tertiary/aromatic N) is 4. The summed E-state index contributed by atoms with van der Waals surface area (Å²) >= 11 is 0. The summed E-state index contributed by atoms with van der Waals surface area (Å²) in [7, 11) is 0. The highest BCUT2D eigenvalue weighted by molar-refractivity contribution is 5.70. The maximum absolute atomic E-state index is 12.9. The normalized spacial score (nSPS) is 12.8. The van der Waals surface area contributed by atoms with Crippen molar-refractivity contribution in [2.45, 2.75) is 71.7 Å². The molecule has 140 valence electrons. The van der Waals surface area contributed by atoms with E-state index < -0.39 is 6.10 Å². The number of aliphatic hydroxyl groups excluding tert-OH is 2. The lowest BCUT2D eigenvalue weighted by atomic mass is 10.2. The molecule has 8 nitrogen and oxygen atoms in total. The molecule has 8 heteroatoms. The predicted molar refractivity (Wildman–Crippen MR) is 95.8 cm³/mol. The summed E-state index contributed by atoms with van der Waals surface area (Å²) in [5, 5.41) is 18.5. The fourth-order valence-electron chi connectivity index (χ4n) is 2.82. The summed E-state index contributed by atoms with van der Waals surface area (Å²) in [4.78, 5) is 29.9. The number of hydrogen-bond donors (Lipinski definition) is 2. The Labute approximate surface area is 146 Å². The third-order valence-corrected chi connectivity index (χ3v) is 4.37. The monoisotopic (exact) mass is 352 g/mol. The van der Waals surface area contributed by atoms with E-state index in [-0.39, 0.29) is 17.9 Å². The Morgan fingerprint density at radius 1 is 1.08 bits per heavy atom. The van der Waals surface area contributed by atoms with Gasteiger partial charge in [-0.25, -0.2) is 9.78 Å². The lowest BCUT2D eigenvalue weighted by Gasteiger charge is -2.13. The Kier molecular flexibility index (Phi) is 6.95. The van der Waals surface area contributed by atoms with Gasteiger partial charge in [0.1, 0.15) is 0 Å². The van der Waals surface area contributed by atoms with Crippen molar-refractivity contribution in [1.82, 2.24) is 18.7 Å². The maximum atomic E-state index is 12.9. The van der Waals surface area contributed by atoms with Crippen LogP contribution in [0.15, 0.2) is 15.9 Å². The van der Waals surface area contributed by atoms with E-state index in [2.05, 4.69) is 4.98 Å². The number of imidazole rings is 1. The zero-order valence-electron chi connectivity index (χ0n) is 15.0. The van der Waals surface area contributed by atoms with Crippen LogP contribution in [0.25, 0.3) is 11.2 Å². The van der Waals surface area contributed by atoms with Crippen LogP contribution in [0.4, 0.5) is 0 Å². The minimum Gasteiger partial charge on any atom is -0.394 e. The van der Waals surface area contributed by atoms with Gasteiger partial charge < -0.3 is 14.8 Å². The average molecular weight is 352 g/mol. The van der Waals surface area contributed by atoms with E-state index in [1.54, 1.807) is 9.13 Å². The number of aliphatic hydroxyl groups is 2. The van der Waals surface area contributed by atoms with Crippen molar-refractivity contribution in [2.75, 3.05) is 6.61 Å². The van der Waals surface area contributed by atoms with Gasteiger partial charge in [0.25, 0.3) is 5.56 Å². The predicted octanol–water partition coefficient (Wildman–Crippen LogP) is 0.703. The molecule has 2 aromatic heterocycles. The second-order valence-corrected chi connectivity index (χ2v) is 6.33. The molecule has 25 heavy (non-hydrogen) atoms. The van der Waals surface area contributed by atoms with E-state index in [0.717, 1.165) is 25.7 Å². The molecule has 1 atom stereocenters. The largest absolute Gasteiger partial charge is 0.394 e. The van der Waals surface area contributed by atoms with Crippen LogP contribution in [0.1, 0.15) is 46.0 Å². The highest BCUT2D eigenvalue weighted by Crippen LogP contribution is 2.10. The molecular formula is C17H28N4O4. The van der Waals surface area contributed by atoms with Crippen LogP contribution in [-0.4, -0.2) is 41.6 Å². The summed E-state index contributed by atoms with van der Waals surface area (Å²) in [5.41, 5.74) is 0.142. The Hall–Kier alpha value is -1.93. The van der Waals surface area contributed by atoms with Gasteiger partial charge >= 0.3 is 5.69 Å². The van der Waals surface area contributed by atoms with E-state index in [9.17, 15) is 14.7 Å². The van der Waals surface area contributed by atoms with E-state index in [0.29, 0.717) is 37.2 Å². The first kappa shape index (κ1) is 19.4. The summed E-state index contributed by atoms with van der Waals surface area (Å²) in [6.07, 6.45) is 4.41. The molecule has 0 saturated heterocycles. The number of aromatic nitrogens is 4. The number of aryl methyl sites for hydroxylation is 2. The van der Waals surface area contributed by atoms with Gasteiger partial charge in [0.2, 0.25) is 0 Å². The highest BCUT2D eigenvalue weighted by Gasteiger charge is 2.18. The molecule has 0 aliphatic carbocycles. The first-order chi connectivity index (χ1) is 12.0. The summed E-state index contributed by atoms with van der Waals surface area (Å²) in [6.45, 7) is 5.00. The van der Waals surface area contributed by atoms with Crippen LogP contribution in [0.2, 0.25) is 0 Å². The molecule has 0 spiro atoms. The van der Waals surface area contributed by atoms with Crippen LogP contribution >= 0.6 is 0 Å². The second kappa shape index (κ2) is 8.96. The second-order valence-electron chi connectivity index (χ2n) is 6.33. The molecule has 0 aliphatic heterocycles. The minimum absolute atomic E-state index is 0.306. The molecule has 2 rings (SSSR count). The fraction of sp³-hybridized carbons (Fsp3) is 0.706. The molecule has 2 N–H and O–H groups in total. The van der Waals surface area contributed by atoms with Crippen molar-refractivity contribution in [3.05, 3.63) is 27.2 Å². The van der Waals surface area contributed by atoms with Gasteiger partial charge in [-0.05, 0) is 19.3 Å². The van der Waals surface area contributed by atoms with Crippen molar-refractivity contribution in [3.8, 4) is 0 Å². The van der Waals surface area contributed by atoms with Gasteiger partial charge in [-0.1, -0.05) is 26.7 Å². The highest BCUT2D eigenvalue weighted by atomic mass is 16.3. The molecule has 0 bridgehead atoms. The van der Waals surface area contributed by atoms with Crippen molar-refractivity contribution in [1.29, 1.82) is 0 Å². The van der Waals surface area contributed by atoms with Crippen molar-refractivity contribution in [2.24, 2.45) is 0 Å². The van der Waals surface area contributed by atoms with Gasteiger partial charge in [0, 0.05) is 19.6 Å². The van der Waals surface area contributed by atoms with Crippen LogP contribution in [0, 0.1) is 0 Å². The molecule has 0 saturated carbocycles. The number of rotatable bonds is 10. The minimum atomic E-state index is -0.842. The molecule has 0 aliphatic rings. The Morgan fingerprint density at radius 3 is 2.32 bits per heavy atom. The van der Waals surface area contributed by atoms with Gasteiger partial charge in [-0.15, -0.1) is 0 Å². The lowest BCUT2D eigenvalue weighted by Crippen LogP contribution is -2.40. The smallest absolute Gasteiger partial charge is 0.332 e. The topological polar surface area (TPSA) is 102 Å². The summed E-state index contributed by atoms with van der Waals surface area (Å²) in [6, 6.07) is 0. The molecule has 1 unspecified atom stereocenters. The molecule has 0 amide bonds. The zero-order valence-corrected chi connectivity index (χ0v) is 15.0. The Bertz CT molecular complexity index is 805. The van der Waals surface area contributed by atoms with E-state index >= 15 is 0 Å². The first-order valence-electron chi connectivity index (χ1n) is 9.02. The third kappa shape index (κ3) is 4.19. The fourth-order valence-corrected chi connectivity index (χ4v) is 2.82. The standard InChI is InChI=1S/C17H28N4O4/c1-3-5-8-20-15-14(16(24)21(17(20)25)9-6-4-2)19(12-18-15)10-7-13(23)11-22/h12-13,22-23H,3-11H2,1-2H3. The van der Waals surface area contributed by atoms with E-state index in [4.69, 9.17) is 5.11 Å². The Morgan fingerprint density at radius 2 is 1.72 bits per heavy atom. The number of hydrogen-bond acceptors (Lipinski definition) is 5. The molecular weight excluding hydrogens is 324 g/mol. The van der Waals surface area contributed by atoms with Crippen molar-refractivity contribution < 1.29 is 10.2 Å². The summed E-state index contributed by atoms with van der Waals surface area (Å²) < 4.78 is 4.54. The van der Waals surface area contributed by atoms with Gasteiger partial charge in [-0.2, -0.15) is 0 Å². The molecule has 0 fully saturated rings. The van der Waals surface area contributed by atoms with E-state index in [1.165, 1.54) is 10.9 Å². The summed E-state index contributed by atoms with van der Waals surface area (Å²) in [5.74, 6) is 0. The molecule has 0 aromatic carbocycles. The first-order valence-corrected chi connectivity index (χ1v) is 9.02. The SMILES string of the molecule is CCCCn1c(=O)c2c(ncn2CCC(O)CO)n(CCCC)c1=O. The van der Waals surface area contributed by atoms with Crippen molar-refractivity contribution in [3.63, 3.8) is 0 Å². The lowest BCUT2D eigenvalue weighted by molar-refractivity contribution is 0.0849. The quantitative estimate of drug-likeness (QED) is 0.655. The van der Waals surface area contributed by atoms with Crippen LogP contribution in [0.5, 0.6) is 0 Å². The van der Waals surface area contributed by atoms with Crippen molar-refractivity contribution >= 4 is 11.2 Å². The Balaban J connectivity index is 2.56. The number of fused-ring (bicyclic) bond motifs is 1. The van der Waals surface area contributed by atoms with Crippen LogP contribution < -0.4 is 11.2 Å².